The summed E-state index contributed by atoms with van der Waals surface area (Å²) in [6.07, 6.45) is 1.06. The van der Waals surface area contributed by atoms with Crippen LogP contribution in [0.15, 0.2) is 60.7 Å². The van der Waals surface area contributed by atoms with Crippen molar-refractivity contribution in [2.24, 2.45) is 0 Å². The van der Waals surface area contributed by atoms with Gasteiger partial charge in [0.25, 0.3) is 0 Å². The van der Waals surface area contributed by atoms with Crippen molar-refractivity contribution in [1.29, 1.82) is 0 Å². The van der Waals surface area contributed by atoms with Crippen LogP contribution in [0.4, 0.5) is 0 Å². The van der Waals surface area contributed by atoms with Crippen LogP contribution in [0.25, 0.3) is 10.5 Å². The van der Waals surface area contributed by atoms with Crippen molar-refractivity contribution in [3.63, 3.8) is 0 Å². The molecule has 6 heteroatoms. The summed E-state index contributed by atoms with van der Waals surface area (Å²) in [6.45, 7) is 11.0. The summed E-state index contributed by atoms with van der Waals surface area (Å²) in [5.74, 6) is 7.34. The fourth-order valence-corrected chi connectivity index (χ4v) is 4.08. The molecule has 1 saturated carbocycles. The van der Waals surface area contributed by atoms with Gasteiger partial charge in [-0.2, -0.15) is 0 Å². The topological polar surface area (TPSA) is 72.0 Å². The van der Waals surface area contributed by atoms with Crippen LogP contribution in [0.1, 0.15) is 57.8 Å². The minimum Gasteiger partial charge on any atom is -0.672 e. The molecule has 167 valence electrons. The van der Waals surface area contributed by atoms with Crippen LogP contribution in [-0.4, -0.2) is 14.7 Å². The molecule has 1 N–H and O–H groups in total. The van der Waals surface area contributed by atoms with Gasteiger partial charge in [-0.05, 0) is 29.6 Å². The zero-order chi connectivity index (χ0) is 22.5. The molecule has 0 aliphatic heterocycles. The van der Waals surface area contributed by atoms with Crippen LogP contribution in [0, 0.1) is 29.6 Å². The van der Waals surface area contributed by atoms with Gasteiger partial charge in [-0.1, -0.05) is 106 Å². The van der Waals surface area contributed by atoms with Crippen LogP contribution in [-0.2, 0) is 30.1 Å². The maximum atomic E-state index is 11.5. The smallest absolute Gasteiger partial charge is 0.672 e. The van der Waals surface area contributed by atoms with E-state index in [0.29, 0.717) is 0 Å². The second kappa shape index (κ2) is 12.3. The van der Waals surface area contributed by atoms with Gasteiger partial charge in [0.1, 0.15) is 0 Å². The molecular weight excluding hydrogens is 585 g/mol. The minimum atomic E-state index is -3.52. The van der Waals surface area contributed by atoms with E-state index in [1.54, 1.807) is 12.1 Å². The Bertz CT molecular complexity index is 832. The molecule has 0 saturated heterocycles. The fourth-order valence-electron chi connectivity index (χ4n) is 3.42. The van der Waals surface area contributed by atoms with Gasteiger partial charge in [-0.15, -0.1) is 12.1 Å². The van der Waals surface area contributed by atoms with Crippen LogP contribution in [0.2, 0.25) is 0 Å². The Labute approximate surface area is 202 Å². The second-order valence-corrected chi connectivity index (χ2v) is 9.38. The zero-order valence-corrected chi connectivity index (χ0v) is 22.1. The fraction of sp³-hybridized carbons (Fsp3) is 0.320. The number of sulfonamides is 1. The average molecular weight is 616 g/mol. The second-order valence-electron chi connectivity index (χ2n) is 7.71. The quantitative estimate of drug-likeness (QED) is 0.370. The summed E-state index contributed by atoms with van der Waals surface area (Å²) in [5.41, 5.74) is 9.80. The Morgan fingerprint density at radius 2 is 1.00 bits per heavy atom. The van der Waals surface area contributed by atoms with E-state index >= 15 is 0 Å². The molecule has 31 heavy (non-hydrogen) atoms. The van der Waals surface area contributed by atoms with Crippen molar-refractivity contribution >= 4 is 10.0 Å². The Kier molecular flexibility index (Phi) is 11.1. The van der Waals surface area contributed by atoms with Crippen molar-refractivity contribution in [2.45, 2.75) is 46.7 Å². The van der Waals surface area contributed by atoms with Gasteiger partial charge in [-0.3, -0.25) is 0 Å². The van der Waals surface area contributed by atoms with Gasteiger partial charge < -0.3 is 10.5 Å². The first-order valence-electron chi connectivity index (χ1n) is 9.95. The molecule has 1 fully saturated rings. The van der Waals surface area contributed by atoms with E-state index in [0.717, 1.165) is 17.4 Å². The molecule has 1 aliphatic carbocycles. The third kappa shape index (κ3) is 7.80. The Balaban J connectivity index is 0.000000370. The number of nitrogens with one attached hydrogen (secondary N) is 1. The summed E-state index contributed by atoms with van der Waals surface area (Å²) in [5, 5.41) is 0. The molecule has 2 aromatic carbocycles. The normalized spacial score (nSPS) is 18.7. The standard InChI is InChI=1S/C15H16N2O2S.C10H15.Ir/c1-20(18,19)17-15(13-10-6-3-7-11-13)14(16)12-8-4-2-5-9-12;1-6-7(2)9(4)10(5)8(6)3;/h2-11,14-16H,1H3;1-5H3;/q-2;;+3/t14-,15-;;/m0../s1. The minimum absolute atomic E-state index is 0. The van der Waals surface area contributed by atoms with E-state index in [9.17, 15) is 8.42 Å². The van der Waals surface area contributed by atoms with E-state index < -0.39 is 22.1 Å². The maximum absolute atomic E-state index is 11.5. The average Bonchev–Trinajstić information content (AvgIpc) is 2.90. The molecule has 5 radical (unpaired) electrons. The van der Waals surface area contributed by atoms with Crippen LogP contribution >= 0.6 is 0 Å². The van der Waals surface area contributed by atoms with Gasteiger partial charge in [0, 0.05) is 6.26 Å². The molecular formula is C25H31IrN2O2S+. The van der Waals surface area contributed by atoms with Crippen molar-refractivity contribution in [1.82, 2.24) is 0 Å². The number of benzene rings is 2. The molecule has 0 unspecified atom stereocenters. The first kappa shape index (κ1) is 28.0. The molecule has 0 aromatic heterocycles. The summed E-state index contributed by atoms with van der Waals surface area (Å²) in [7, 11) is -3.52. The largest absolute Gasteiger partial charge is 3.00 e. The molecule has 4 nitrogen and oxygen atoms in total. The number of rotatable bonds is 5. The third-order valence-corrected chi connectivity index (χ3v) is 6.34. The molecule has 0 spiro atoms. The molecule has 0 bridgehead atoms. The van der Waals surface area contributed by atoms with Gasteiger partial charge in [0.05, 0.1) is 10.0 Å². The molecule has 2 atom stereocenters. The number of hydrogen-bond donors (Lipinski definition) is 0. The third-order valence-electron chi connectivity index (χ3n) is 5.73. The summed E-state index contributed by atoms with van der Waals surface area (Å²) in [6, 6.07) is 16.7. The Hall–Kier alpha value is -1.04. The van der Waals surface area contributed by atoms with Gasteiger partial charge >= 0.3 is 20.1 Å². The molecule has 0 amide bonds. The van der Waals surface area contributed by atoms with Crippen molar-refractivity contribution < 1.29 is 28.5 Å². The monoisotopic (exact) mass is 616 g/mol. The molecule has 1 aliphatic rings. The first-order valence-corrected chi connectivity index (χ1v) is 11.8. The SMILES string of the molecule is CS(=O)(=O)[N-][C@@H](c1ccccc1)[C@@H]([NH-])c1ccccc1.C[C]1[C](C)[C](C)[C](C)[C]1C.[Ir+3]. The predicted molar refractivity (Wildman–Crippen MR) is 125 cm³/mol. The Morgan fingerprint density at radius 1 is 0.677 bits per heavy atom. The van der Waals surface area contributed by atoms with E-state index in [1.165, 1.54) is 29.6 Å². The van der Waals surface area contributed by atoms with Crippen molar-refractivity contribution in [3.8, 4) is 0 Å². The van der Waals surface area contributed by atoms with E-state index in [2.05, 4.69) is 39.3 Å². The van der Waals surface area contributed by atoms with Crippen LogP contribution < -0.4 is 0 Å². The van der Waals surface area contributed by atoms with Crippen molar-refractivity contribution in [3.05, 3.63) is 112 Å². The first-order chi connectivity index (χ1) is 14.0. The number of nitrogens with zero attached hydrogens (tertiary/aromatic N) is 1. The summed E-state index contributed by atoms with van der Waals surface area (Å²) < 4.78 is 26.8. The molecule has 2 aromatic rings. The van der Waals surface area contributed by atoms with Crippen molar-refractivity contribution in [2.75, 3.05) is 6.26 Å². The van der Waals surface area contributed by atoms with E-state index in [4.69, 9.17) is 5.73 Å². The van der Waals surface area contributed by atoms with E-state index in [-0.39, 0.29) is 20.1 Å². The molecule has 0 heterocycles. The van der Waals surface area contributed by atoms with Crippen LogP contribution in [0.5, 0.6) is 0 Å². The summed E-state index contributed by atoms with van der Waals surface area (Å²) >= 11 is 0. The van der Waals surface area contributed by atoms with Crippen LogP contribution in [0.3, 0.4) is 0 Å². The summed E-state index contributed by atoms with van der Waals surface area (Å²) in [4.78, 5) is 0. The van der Waals surface area contributed by atoms with Gasteiger partial charge in [-0.25, -0.2) is 8.42 Å². The maximum Gasteiger partial charge on any atom is 3.00 e. The predicted octanol–water partition coefficient (Wildman–Crippen LogP) is 6.82. The Morgan fingerprint density at radius 3 is 1.32 bits per heavy atom. The zero-order valence-electron chi connectivity index (χ0n) is 18.9. The van der Waals surface area contributed by atoms with Gasteiger partial charge in [0.15, 0.2) is 0 Å². The van der Waals surface area contributed by atoms with E-state index in [1.807, 2.05) is 48.5 Å². The van der Waals surface area contributed by atoms with Gasteiger partial charge in [0.2, 0.25) is 0 Å². The number of hydrogen-bond acceptors (Lipinski definition) is 2. The molecule has 3 rings (SSSR count).